The van der Waals surface area contributed by atoms with Crippen LogP contribution in [-0.4, -0.2) is 39.6 Å². The molecule has 0 radical (unpaired) electrons. The van der Waals surface area contributed by atoms with Crippen LogP contribution in [0.1, 0.15) is 23.2 Å². The van der Waals surface area contributed by atoms with Gasteiger partial charge in [0.15, 0.2) is 0 Å². The molecule has 2 aromatic rings. The second kappa shape index (κ2) is 8.73. The van der Waals surface area contributed by atoms with Gasteiger partial charge in [0, 0.05) is 24.6 Å². The molecule has 120 valence electrons. The Kier molecular flexibility index (Phi) is 7.31. The number of halogens is 2. The predicted octanol–water partition coefficient (Wildman–Crippen LogP) is 1.59. The summed E-state index contributed by atoms with van der Waals surface area (Å²) in [5, 5.41) is 6.33. The smallest absolute Gasteiger partial charge is 0.253 e. The summed E-state index contributed by atoms with van der Waals surface area (Å²) in [4.78, 5) is 20.4. The molecule has 0 spiro atoms. The summed E-state index contributed by atoms with van der Waals surface area (Å²) < 4.78 is 1.80. The molecular weight excluding hydrogens is 325 g/mol. The Labute approximate surface area is 141 Å². The molecule has 0 atom stereocenters. The number of hydrogen-bond acceptors (Lipinski definition) is 4. The molecule has 1 saturated heterocycles. The number of hydrogen-bond donors (Lipinski definition) is 2. The third-order valence-electron chi connectivity index (χ3n) is 3.45. The first kappa shape index (κ1) is 18.4. The highest BCUT2D eigenvalue weighted by atomic mass is 35.5. The van der Waals surface area contributed by atoms with E-state index in [4.69, 9.17) is 0 Å². The molecule has 0 saturated carbocycles. The van der Waals surface area contributed by atoms with Gasteiger partial charge < -0.3 is 10.6 Å². The van der Waals surface area contributed by atoms with Crippen LogP contribution in [0, 0.1) is 0 Å². The van der Waals surface area contributed by atoms with Crippen LogP contribution >= 0.6 is 24.8 Å². The van der Waals surface area contributed by atoms with Gasteiger partial charge in [-0.15, -0.1) is 24.8 Å². The average molecular weight is 344 g/mol. The number of carbonyl (C=O) groups excluding carboxylic acids is 1. The van der Waals surface area contributed by atoms with Gasteiger partial charge >= 0.3 is 0 Å². The summed E-state index contributed by atoms with van der Waals surface area (Å²) in [7, 11) is 0. The second-order valence-electron chi connectivity index (χ2n) is 4.87. The van der Waals surface area contributed by atoms with E-state index in [9.17, 15) is 4.79 Å². The number of piperidine rings is 1. The maximum absolute atomic E-state index is 12.1. The lowest BCUT2D eigenvalue weighted by Gasteiger charge is -2.23. The Bertz CT molecular complexity index is 567. The molecule has 1 aliphatic heterocycles. The maximum Gasteiger partial charge on any atom is 0.253 e. The molecule has 0 aliphatic carbocycles. The summed E-state index contributed by atoms with van der Waals surface area (Å²) in [6.07, 6.45) is 8.75. The zero-order chi connectivity index (χ0) is 13.8. The summed E-state index contributed by atoms with van der Waals surface area (Å²) in [5.41, 5.74) is 0.590. The molecular formula is C14H19Cl2N5O. The molecule has 1 amide bonds. The standard InChI is InChI=1S/C14H17N5O.2ClH/c20-14(18-12-3-5-15-6-4-12)11-1-2-13(17-9-11)19-8-7-16-10-19;;/h1-2,7-10,12,15H,3-6H2,(H,18,20);2*1H. The van der Waals surface area contributed by atoms with Crippen molar-refractivity contribution in [1.29, 1.82) is 0 Å². The third-order valence-corrected chi connectivity index (χ3v) is 3.45. The van der Waals surface area contributed by atoms with Gasteiger partial charge in [-0.25, -0.2) is 9.97 Å². The van der Waals surface area contributed by atoms with Crippen molar-refractivity contribution in [3.05, 3.63) is 42.6 Å². The summed E-state index contributed by atoms with van der Waals surface area (Å²) in [6.45, 7) is 1.92. The Morgan fingerprint density at radius 1 is 1.27 bits per heavy atom. The lowest BCUT2D eigenvalue weighted by Crippen LogP contribution is -2.42. The van der Waals surface area contributed by atoms with Gasteiger partial charge in [0.2, 0.25) is 0 Å². The van der Waals surface area contributed by atoms with Crippen molar-refractivity contribution >= 4 is 30.7 Å². The minimum Gasteiger partial charge on any atom is -0.349 e. The van der Waals surface area contributed by atoms with Gasteiger partial charge in [-0.2, -0.15) is 0 Å². The zero-order valence-corrected chi connectivity index (χ0v) is 13.6. The van der Waals surface area contributed by atoms with Crippen molar-refractivity contribution in [2.75, 3.05) is 13.1 Å². The van der Waals surface area contributed by atoms with Crippen LogP contribution < -0.4 is 10.6 Å². The van der Waals surface area contributed by atoms with Crippen molar-refractivity contribution < 1.29 is 4.79 Å². The van der Waals surface area contributed by atoms with Gasteiger partial charge in [0.05, 0.1) is 5.56 Å². The first-order valence-corrected chi connectivity index (χ1v) is 6.79. The van der Waals surface area contributed by atoms with Crippen LogP contribution in [0.15, 0.2) is 37.1 Å². The Morgan fingerprint density at radius 2 is 2.05 bits per heavy atom. The van der Waals surface area contributed by atoms with Crippen molar-refractivity contribution in [3.63, 3.8) is 0 Å². The number of nitrogens with zero attached hydrogens (tertiary/aromatic N) is 3. The Hall–Kier alpha value is -1.63. The minimum absolute atomic E-state index is 0. The van der Waals surface area contributed by atoms with E-state index in [1.54, 1.807) is 29.4 Å². The Balaban J connectivity index is 0.00000121. The largest absolute Gasteiger partial charge is 0.349 e. The number of rotatable bonds is 3. The molecule has 3 rings (SSSR count). The zero-order valence-electron chi connectivity index (χ0n) is 11.9. The van der Waals surface area contributed by atoms with E-state index in [1.807, 2.05) is 12.3 Å². The molecule has 1 fully saturated rings. The highest BCUT2D eigenvalue weighted by Gasteiger charge is 2.16. The van der Waals surface area contributed by atoms with E-state index in [-0.39, 0.29) is 36.8 Å². The van der Waals surface area contributed by atoms with Crippen LogP contribution in [0.5, 0.6) is 0 Å². The minimum atomic E-state index is -0.0541. The van der Waals surface area contributed by atoms with Crippen LogP contribution in [0.3, 0.4) is 0 Å². The van der Waals surface area contributed by atoms with E-state index >= 15 is 0 Å². The maximum atomic E-state index is 12.1. The second-order valence-corrected chi connectivity index (χ2v) is 4.87. The molecule has 2 N–H and O–H groups in total. The highest BCUT2D eigenvalue weighted by Crippen LogP contribution is 2.07. The van der Waals surface area contributed by atoms with Gasteiger partial charge in [-0.3, -0.25) is 9.36 Å². The fraction of sp³-hybridized carbons (Fsp3) is 0.357. The third kappa shape index (κ3) is 4.43. The van der Waals surface area contributed by atoms with Gasteiger partial charge in [0.25, 0.3) is 5.91 Å². The SMILES string of the molecule is Cl.Cl.O=C(NC1CCNCC1)c1ccc(-n2ccnc2)nc1. The van der Waals surface area contributed by atoms with E-state index < -0.39 is 0 Å². The summed E-state index contributed by atoms with van der Waals surface area (Å²) in [5.74, 6) is 0.697. The number of amides is 1. The van der Waals surface area contributed by atoms with Crippen molar-refractivity contribution in [2.45, 2.75) is 18.9 Å². The van der Waals surface area contributed by atoms with E-state index in [2.05, 4.69) is 20.6 Å². The fourth-order valence-electron chi connectivity index (χ4n) is 2.30. The molecule has 22 heavy (non-hydrogen) atoms. The van der Waals surface area contributed by atoms with E-state index in [0.717, 1.165) is 31.7 Å². The average Bonchev–Trinajstić information content (AvgIpc) is 3.03. The first-order valence-electron chi connectivity index (χ1n) is 6.79. The number of nitrogens with one attached hydrogen (secondary N) is 2. The number of carbonyl (C=O) groups is 1. The number of imidazole rings is 1. The molecule has 8 heteroatoms. The van der Waals surface area contributed by atoms with Crippen LogP contribution in [0.2, 0.25) is 0 Å². The van der Waals surface area contributed by atoms with Crippen LogP contribution in [0.4, 0.5) is 0 Å². The first-order chi connectivity index (χ1) is 9.83. The van der Waals surface area contributed by atoms with Gasteiger partial charge in [0.1, 0.15) is 12.1 Å². The number of pyridine rings is 1. The van der Waals surface area contributed by atoms with Gasteiger partial charge in [-0.05, 0) is 38.1 Å². The van der Waals surface area contributed by atoms with E-state index in [0.29, 0.717) is 5.56 Å². The predicted molar refractivity (Wildman–Crippen MR) is 89.2 cm³/mol. The summed E-state index contributed by atoms with van der Waals surface area (Å²) >= 11 is 0. The van der Waals surface area contributed by atoms with Gasteiger partial charge in [-0.1, -0.05) is 0 Å². The Morgan fingerprint density at radius 3 is 2.64 bits per heavy atom. The fourth-order valence-corrected chi connectivity index (χ4v) is 2.30. The molecule has 0 bridgehead atoms. The summed E-state index contributed by atoms with van der Waals surface area (Å²) in [6, 6.07) is 3.87. The lowest BCUT2D eigenvalue weighted by molar-refractivity contribution is 0.0929. The number of aromatic nitrogens is 3. The van der Waals surface area contributed by atoms with Crippen LogP contribution in [0.25, 0.3) is 5.82 Å². The van der Waals surface area contributed by atoms with Crippen molar-refractivity contribution in [1.82, 2.24) is 25.2 Å². The highest BCUT2D eigenvalue weighted by molar-refractivity contribution is 5.94. The van der Waals surface area contributed by atoms with Crippen molar-refractivity contribution in [3.8, 4) is 5.82 Å². The molecule has 1 aliphatic rings. The quantitative estimate of drug-likeness (QED) is 0.887. The van der Waals surface area contributed by atoms with Crippen LogP contribution in [-0.2, 0) is 0 Å². The van der Waals surface area contributed by atoms with E-state index in [1.165, 1.54) is 0 Å². The molecule has 6 nitrogen and oxygen atoms in total. The topological polar surface area (TPSA) is 71.8 Å². The van der Waals surface area contributed by atoms with Crippen molar-refractivity contribution in [2.24, 2.45) is 0 Å². The molecule has 3 heterocycles. The molecule has 0 aromatic carbocycles. The molecule has 0 unspecified atom stereocenters. The monoisotopic (exact) mass is 343 g/mol. The normalized spacial score (nSPS) is 14.5. The lowest BCUT2D eigenvalue weighted by atomic mass is 10.1. The molecule has 2 aromatic heterocycles.